The van der Waals surface area contributed by atoms with E-state index in [-0.39, 0.29) is 12.3 Å². The Balaban J connectivity index is 2.77. The summed E-state index contributed by atoms with van der Waals surface area (Å²) in [5, 5.41) is 13.2. The van der Waals surface area contributed by atoms with Crippen LogP contribution in [0.1, 0.15) is 5.56 Å². The van der Waals surface area contributed by atoms with Gasteiger partial charge >= 0.3 is 0 Å². The molecule has 1 amide bonds. The number of nitro benzene ring substituents is 1. The molecule has 1 aromatic rings. The van der Waals surface area contributed by atoms with Gasteiger partial charge in [0.25, 0.3) is 5.69 Å². The van der Waals surface area contributed by atoms with E-state index in [1.165, 1.54) is 25.3 Å². The van der Waals surface area contributed by atoms with Crippen LogP contribution in [0.25, 0.3) is 0 Å². The minimum Gasteiger partial charge on any atom is -0.383 e. The zero-order valence-corrected chi connectivity index (χ0v) is 10.2. The molecule has 0 radical (unpaired) electrons. The van der Waals surface area contributed by atoms with E-state index in [1.807, 2.05) is 0 Å². The van der Waals surface area contributed by atoms with Crippen LogP contribution in [0.15, 0.2) is 18.2 Å². The molecule has 1 atom stereocenters. The van der Waals surface area contributed by atoms with Crippen molar-refractivity contribution in [2.24, 2.45) is 5.73 Å². The van der Waals surface area contributed by atoms with Crippen molar-refractivity contribution in [3.8, 4) is 0 Å². The third-order valence-corrected chi connectivity index (χ3v) is 2.34. The fourth-order valence-electron chi connectivity index (χ4n) is 1.43. The summed E-state index contributed by atoms with van der Waals surface area (Å²) in [6.45, 7) is 1.71. The summed E-state index contributed by atoms with van der Waals surface area (Å²) in [5.74, 6) is -0.398. The molecule has 7 nitrogen and oxygen atoms in total. The molecule has 0 bridgehead atoms. The van der Waals surface area contributed by atoms with Crippen LogP contribution in [-0.4, -0.2) is 30.6 Å². The minimum absolute atomic E-state index is 0.00851. The smallest absolute Gasteiger partial charge is 0.272 e. The average molecular weight is 253 g/mol. The van der Waals surface area contributed by atoms with Crippen molar-refractivity contribution in [3.63, 3.8) is 0 Å². The number of hydrogen-bond donors (Lipinski definition) is 2. The maximum Gasteiger partial charge on any atom is 0.272 e. The Morgan fingerprint density at radius 3 is 2.78 bits per heavy atom. The standard InChI is InChI=1S/C11H15N3O4/c1-7-5-8(3-4-10(7)14(16)17)13-11(15)9(12)6-18-2/h3-5,9H,6,12H2,1-2H3,(H,13,15). The highest BCUT2D eigenvalue weighted by molar-refractivity contribution is 5.95. The molecule has 0 fully saturated rings. The van der Waals surface area contributed by atoms with Crippen LogP contribution in [0.3, 0.4) is 0 Å². The van der Waals surface area contributed by atoms with Crippen LogP contribution in [0.4, 0.5) is 11.4 Å². The Kier molecular flexibility index (Phi) is 4.75. The number of methoxy groups -OCH3 is 1. The van der Waals surface area contributed by atoms with Crippen LogP contribution in [-0.2, 0) is 9.53 Å². The number of carbonyl (C=O) groups is 1. The van der Waals surface area contributed by atoms with Crippen LogP contribution in [0.5, 0.6) is 0 Å². The van der Waals surface area contributed by atoms with Crippen LogP contribution >= 0.6 is 0 Å². The summed E-state index contributed by atoms with van der Waals surface area (Å²) in [6, 6.07) is 3.55. The molecule has 7 heteroatoms. The average Bonchev–Trinajstić information content (AvgIpc) is 2.28. The second-order valence-electron chi connectivity index (χ2n) is 3.81. The summed E-state index contributed by atoms with van der Waals surface area (Å²) in [6.07, 6.45) is 0. The van der Waals surface area contributed by atoms with Gasteiger partial charge in [-0.2, -0.15) is 0 Å². The van der Waals surface area contributed by atoms with Gasteiger partial charge in [-0.15, -0.1) is 0 Å². The van der Waals surface area contributed by atoms with Gasteiger partial charge < -0.3 is 15.8 Å². The number of aryl methyl sites for hydroxylation is 1. The van der Waals surface area contributed by atoms with Crippen molar-refractivity contribution in [1.29, 1.82) is 0 Å². The normalized spacial score (nSPS) is 11.9. The van der Waals surface area contributed by atoms with Gasteiger partial charge in [-0.25, -0.2) is 0 Å². The third-order valence-electron chi connectivity index (χ3n) is 2.34. The zero-order valence-electron chi connectivity index (χ0n) is 10.2. The Hall–Kier alpha value is -1.99. The highest BCUT2D eigenvalue weighted by Gasteiger charge is 2.15. The number of nitrogens with zero attached hydrogens (tertiary/aromatic N) is 1. The lowest BCUT2D eigenvalue weighted by Gasteiger charge is -2.11. The number of nitro groups is 1. The highest BCUT2D eigenvalue weighted by Crippen LogP contribution is 2.21. The molecule has 98 valence electrons. The predicted octanol–water partition coefficient (Wildman–Crippen LogP) is 0.815. The lowest BCUT2D eigenvalue weighted by Crippen LogP contribution is -2.39. The SMILES string of the molecule is COCC(N)C(=O)Nc1ccc([N+](=O)[O-])c(C)c1. The highest BCUT2D eigenvalue weighted by atomic mass is 16.6. The number of anilines is 1. The second kappa shape index (κ2) is 6.08. The van der Waals surface area contributed by atoms with Crippen LogP contribution in [0.2, 0.25) is 0 Å². The molecule has 0 aliphatic carbocycles. The van der Waals surface area contributed by atoms with E-state index in [1.54, 1.807) is 6.92 Å². The molecule has 1 unspecified atom stereocenters. The van der Waals surface area contributed by atoms with Crippen molar-refractivity contribution in [1.82, 2.24) is 0 Å². The van der Waals surface area contributed by atoms with Gasteiger partial charge in [0.05, 0.1) is 11.5 Å². The van der Waals surface area contributed by atoms with Gasteiger partial charge in [-0.1, -0.05) is 0 Å². The topological polar surface area (TPSA) is 107 Å². The Morgan fingerprint density at radius 2 is 2.28 bits per heavy atom. The number of carbonyl (C=O) groups excluding carboxylic acids is 1. The van der Waals surface area contributed by atoms with Gasteiger partial charge in [0.1, 0.15) is 6.04 Å². The molecule has 0 aliphatic heterocycles. The lowest BCUT2D eigenvalue weighted by molar-refractivity contribution is -0.385. The Morgan fingerprint density at radius 1 is 1.61 bits per heavy atom. The molecule has 0 heterocycles. The van der Waals surface area contributed by atoms with E-state index in [2.05, 4.69) is 5.32 Å². The summed E-state index contributed by atoms with van der Waals surface area (Å²) < 4.78 is 4.76. The van der Waals surface area contributed by atoms with Crippen molar-refractivity contribution in [3.05, 3.63) is 33.9 Å². The van der Waals surface area contributed by atoms with Crippen molar-refractivity contribution in [2.45, 2.75) is 13.0 Å². The maximum absolute atomic E-state index is 11.6. The van der Waals surface area contributed by atoms with Crippen LogP contribution in [0, 0.1) is 17.0 Å². The Bertz CT molecular complexity index is 462. The molecule has 0 aliphatic rings. The summed E-state index contributed by atoms with van der Waals surface area (Å²) in [4.78, 5) is 21.7. The maximum atomic E-state index is 11.6. The molecule has 1 aromatic carbocycles. The number of nitrogens with one attached hydrogen (secondary N) is 1. The molecule has 3 N–H and O–H groups in total. The summed E-state index contributed by atoms with van der Waals surface area (Å²) >= 11 is 0. The Labute approximate surface area is 104 Å². The largest absolute Gasteiger partial charge is 0.383 e. The van der Waals surface area contributed by atoms with Crippen LogP contribution < -0.4 is 11.1 Å². The van der Waals surface area contributed by atoms with Gasteiger partial charge in [0.15, 0.2) is 0 Å². The number of hydrogen-bond acceptors (Lipinski definition) is 5. The van der Waals surface area contributed by atoms with Gasteiger partial charge in [-0.05, 0) is 19.1 Å². The third kappa shape index (κ3) is 3.51. The molecule has 0 spiro atoms. The van der Waals surface area contributed by atoms with Gasteiger partial charge in [0, 0.05) is 24.4 Å². The first kappa shape index (κ1) is 14.1. The lowest BCUT2D eigenvalue weighted by atomic mass is 10.1. The number of rotatable bonds is 5. The minimum atomic E-state index is -0.773. The first-order chi connectivity index (χ1) is 8.45. The van der Waals surface area contributed by atoms with Crippen molar-refractivity contribution >= 4 is 17.3 Å². The molecule has 0 aromatic heterocycles. The van der Waals surface area contributed by atoms with E-state index in [9.17, 15) is 14.9 Å². The van der Waals surface area contributed by atoms with E-state index in [4.69, 9.17) is 10.5 Å². The number of nitrogens with two attached hydrogens (primary N) is 1. The molecular weight excluding hydrogens is 238 g/mol. The quantitative estimate of drug-likeness (QED) is 0.596. The number of benzene rings is 1. The molecule has 1 rings (SSSR count). The van der Waals surface area contributed by atoms with E-state index < -0.39 is 16.9 Å². The number of amides is 1. The first-order valence-electron chi connectivity index (χ1n) is 5.26. The molecular formula is C11H15N3O4. The predicted molar refractivity (Wildman–Crippen MR) is 66.3 cm³/mol. The fourth-order valence-corrected chi connectivity index (χ4v) is 1.43. The summed E-state index contributed by atoms with van der Waals surface area (Å²) in [5.41, 5.74) is 6.49. The first-order valence-corrected chi connectivity index (χ1v) is 5.26. The second-order valence-corrected chi connectivity index (χ2v) is 3.81. The van der Waals surface area contributed by atoms with Crippen molar-refractivity contribution < 1.29 is 14.5 Å². The van der Waals surface area contributed by atoms with Gasteiger partial charge in [0.2, 0.25) is 5.91 Å². The van der Waals surface area contributed by atoms with Crippen molar-refractivity contribution in [2.75, 3.05) is 19.0 Å². The van der Waals surface area contributed by atoms with E-state index in [0.717, 1.165) is 0 Å². The molecule has 0 saturated carbocycles. The monoisotopic (exact) mass is 253 g/mol. The van der Waals surface area contributed by atoms with E-state index >= 15 is 0 Å². The van der Waals surface area contributed by atoms with E-state index in [0.29, 0.717) is 11.3 Å². The fraction of sp³-hybridized carbons (Fsp3) is 0.364. The molecule has 18 heavy (non-hydrogen) atoms. The zero-order chi connectivity index (χ0) is 13.7. The molecule has 0 saturated heterocycles. The summed E-state index contributed by atoms with van der Waals surface area (Å²) in [7, 11) is 1.45. The van der Waals surface area contributed by atoms with Gasteiger partial charge in [-0.3, -0.25) is 14.9 Å². The number of ether oxygens (including phenoxy) is 1.